The Morgan fingerprint density at radius 2 is 2.25 bits per heavy atom. The molecule has 0 radical (unpaired) electrons. The van der Waals surface area contributed by atoms with Crippen LogP contribution in [0.1, 0.15) is 35.0 Å². The molecule has 2 nitrogen and oxygen atoms in total. The van der Waals surface area contributed by atoms with E-state index in [1.54, 1.807) is 22.7 Å². The zero-order valence-electron chi connectivity index (χ0n) is 8.98. The number of thiophene rings is 1. The summed E-state index contributed by atoms with van der Waals surface area (Å²) in [5.41, 5.74) is 2.68. The van der Waals surface area contributed by atoms with E-state index in [4.69, 9.17) is 0 Å². The van der Waals surface area contributed by atoms with Crippen LogP contribution < -0.4 is 5.32 Å². The van der Waals surface area contributed by atoms with Crippen molar-refractivity contribution in [1.82, 2.24) is 10.3 Å². The Kier molecular flexibility index (Phi) is 3.04. The number of rotatable bonds is 5. The Labute approximate surface area is 103 Å². The molecule has 0 unspecified atom stereocenters. The first kappa shape index (κ1) is 10.4. The maximum atomic E-state index is 4.65. The van der Waals surface area contributed by atoms with Crippen molar-refractivity contribution < 1.29 is 0 Å². The van der Waals surface area contributed by atoms with Gasteiger partial charge in [-0.05, 0) is 35.2 Å². The van der Waals surface area contributed by atoms with Gasteiger partial charge in [0, 0.05) is 24.4 Å². The van der Waals surface area contributed by atoms with Crippen molar-refractivity contribution in [2.75, 3.05) is 0 Å². The van der Waals surface area contributed by atoms with Crippen molar-refractivity contribution in [2.45, 2.75) is 31.8 Å². The highest BCUT2D eigenvalue weighted by Gasteiger charge is 2.25. The molecule has 0 atom stereocenters. The third-order valence-electron chi connectivity index (χ3n) is 2.75. The molecule has 0 bridgehead atoms. The van der Waals surface area contributed by atoms with Crippen molar-refractivity contribution in [1.29, 1.82) is 0 Å². The highest BCUT2D eigenvalue weighted by atomic mass is 32.1. The molecule has 0 aromatic carbocycles. The van der Waals surface area contributed by atoms with Crippen molar-refractivity contribution in [3.63, 3.8) is 0 Å². The molecule has 2 heterocycles. The maximum Gasteiger partial charge on any atom is 0.107 e. The Morgan fingerprint density at radius 1 is 1.31 bits per heavy atom. The molecule has 1 saturated carbocycles. The summed E-state index contributed by atoms with van der Waals surface area (Å²) in [6.45, 7) is 1.84. The Morgan fingerprint density at radius 3 is 3.00 bits per heavy atom. The minimum atomic E-state index is 0.780. The first-order chi connectivity index (χ1) is 7.92. The van der Waals surface area contributed by atoms with Crippen LogP contribution in [0, 0.1) is 0 Å². The van der Waals surface area contributed by atoms with Crippen molar-refractivity contribution >= 4 is 22.7 Å². The fourth-order valence-electron chi connectivity index (χ4n) is 1.68. The normalized spacial score (nSPS) is 15.5. The van der Waals surface area contributed by atoms with Crippen LogP contribution in [0.25, 0.3) is 0 Å². The molecule has 1 fully saturated rings. The van der Waals surface area contributed by atoms with Crippen LogP contribution in [-0.4, -0.2) is 4.98 Å². The molecule has 4 heteroatoms. The molecule has 1 aliphatic carbocycles. The van der Waals surface area contributed by atoms with Gasteiger partial charge in [-0.1, -0.05) is 0 Å². The number of nitrogens with zero attached hydrogens (tertiary/aromatic N) is 1. The van der Waals surface area contributed by atoms with E-state index in [2.05, 4.69) is 32.5 Å². The summed E-state index contributed by atoms with van der Waals surface area (Å²) < 4.78 is 0. The first-order valence-corrected chi connectivity index (χ1v) is 7.40. The lowest BCUT2D eigenvalue weighted by Gasteiger charge is -1.99. The minimum Gasteiger partial charge on any atom is -0.306 e. The molecule has 1 aliphatic rings. The molecule has 1 N–H and O–H groups in total. The van der Waals surface area contributed by atoms with E-state index in [0.717, 1.165) is 19.0 Å². The highest BCUT2D eigenvalue weighted by molar-refractivity contribution is 7.09. The molecule has 2 aromatic heterocycles. The summed E-state index contributed by atoms with van der Waals surface area (Å²) in [5.74, 6) is 0.780. The SMILES string of the molecule is c1cc(CNCc2nc(C3CC3)cs2)cs1. The molecule has 0 spiro atoms. The van der Waals surface area contributed by atoms with Gasteiger partial charge < -0.3 is 5.32 Å². The second-order valence-electron chi connectivity index (χ2n) is 4.18. The van der Waals surface area contributed by atoms with Gasteiger partial charge in [0.2, 0.25) is 0 Å². The Hall–Kier alpha value is -0.710. The highest BCUT2D eigenvalue weighted by Crippen LogP contribution is 2.40. The van der Waals surface area contributed by atoms with Crippen molar-refractivity contribution in [3.05, 3.63) is 38.5 Å². The Balaban J connectivity index is 1.50. The van der Waals surface area contributed by atoms with Crippen LogP contribution in [0.4, 0.5) is 0 Å². The van der Waals surface area contributed by atoms with Crippen molar-refractivity contribution in [3.8, 4) is 0 Å². The summed E-state index contributed by atoms with van der Waals surface area (Å²) in [7, 11) is 0. The number of hydrogen-bond acceptors (Lipinski definition) is 4. The van der Waals surface area contributed by atoms with E-state index in [1.165, 1.54) is 29.1 Å². The molecule has 84 valence electrons. The molecule has 0 aliphatic heterocycles. The van der Waals surface area contributed by atoms with E-state index in [0.29, 0.717) is 0 Å². The molecule has 2 aromatic rings. The molecular formula is C12H14N2S2. The molecule has 16 heavy (non-hydrogen) atoms. The third-order valence-corrected chi connectivity index (χ3v) is 4.35. The summed E-state index contributed by atoms with van der Waals surface area (Å²) in [5, 5.41) is 11.2. The average Bonchev–Trinajstić information content (AvgIpc) is 2.83. The zero-order chi connectivity index (χ0) is 10.8. The number of thiazole rings is 1. The lowest BCUT2D eigenvalue weighted by molar-refractivity contribution is 0.689. The van der Waals surface area contributed by atoms with Gasteiger partial charge in [-0.25, -0.2) is 4.98 Å². The minimum absolute atomic E-state index is 0.780. The quantitative estimate of drug-likeness (QED) is 0.880. The number of hydrogen-bond donors (Lipinski definition) is 1. The van der Waals surface area contributed by atoms with E-state index in [-0.39, 0.29) is 0 Å². The number of aromatic nitrogens is 1. The first-order valence-electron chi connectivity index (χ1n) is 5.58. The average molecular weight is 250 g/mol. The zero-order valence-corrected chi connectivity index (χ0v) is 10.6. The number of nitrogens with one attached hydrogen (secondary N) is 1. The maximum absolute atomic E-state index is 4.65. The molecule has 3 rings (SSSR count). The second kappa shape index (κ2) is 4.65. The predicted molar refractivity (Wildman–Crippen MR) is 69.0 cm³/mol. The fraction of sp³-hybridized carbons (Fsp3) is 0.417. The monoisotopic (exact) mass is 250 g/mol. The molecule has 0 saturated heterocycles. The van der Waals surface area contributed by atoms with Gasteiger partial charge in [-0.2, -0.15) is 11.3 Å². The fourth-order valence-corrected chi connectivity index (χ4v) is 3.19. The molecule has 0 amide bonds. The lowest BCUT2D eigenvalue weighted by atomic mass is 10.3. The summed E-state index contributed by atoms with van der Waals surface area (Å²) in [6.07, 6.45) is 2.68. The van der Waals surface area contributed by atoms with Crippen molar-refractivity contribution in [2.24, 2.45) is 0 Å². The van der Waals surface area contributed by atoms with Crippen LogP contribution >= 0.6 is 22.7 Å². The summed E-state index contributed by atoms with van der Waals surface area (Å²) in [6, 6.07) is 2.16. The van der Waals surface area contributed by atoms with Crippen LogP contribution in [0.2, 0.25) is 0 Å². The van der Waals surface area contributed by atoms with Gasteiger partial charge in [0.1, 0.15) is 5.01 Å². The Bertz CT molecular complexity index is 443. The van der Waals surface area contributed by atoms with Gasteiger partial charge in [-0.15, -0.1) is 11.3 Å². The smallest absolute Gasteiger partial charge is 0.107 e. The topological polar surface area (TPSA) is 24.9 Å². The molecular weight excluding hydrogens is 236 g/mol. The standard InChI is InChI=1S/C12H14N2S2/c1-2-10(1)11-8-16-12(14-11)6-13-5-9-3-4-15-7-9/h3-4,7-8,10,13H,1-2,5-6H2. The van der Waals surface area contributed by atoms with Gasteiger partial charge in [0.05, 0.1) is 5.69 Å². The lowest BCUT2D eigenvalue weighted by Crippen LogP contribution is -2.11. The van der Waals surface area contributed by atoms with E-state index >= 15 is 0 Å². The van der Waals surface area contributed by atoms with Gasteiger partial charge >= 0.3 is 0 Å². The van der Waals surface area contributed by atoms with Gasteiger partial charge in [-0.3, -0.25) is 0 Å². The van der Waals surface area contributed by atoms with Gasteiger partial charge in [0.15, 0.2) is 0 Å². The largest absolute Gasteiger partial charge is 0.306 e. The van der Waals surface area contributed by atoms with Crippen LogP contribution in [0.15, 0.2) is 22.2 Å². The van der Waals surface area contributed by atoms with E-state index in [9.17, 15) is 0 Å². The summed E-state index contributed by atoms with van der Waals surface area (Å²) >= 11 is 3.53. The van der Waals surface area contributed by atoms with Gasteiger partial charge in [0.25, 0.3) is 0 Å². The van der Waals surface area contributed by atoms with Crippen LogP contribution in [-0.2, 0) is 13.1 Å². The third kappa shape index (κ3) is 2.51. The van der Waals surface area contributed by atoms with E-state index in [1.807, 2.05) is 0 Å². The predicted octanol–water partition coefficient (Wildman–Crippen LogP) is 3.37. The van der Waals surface area contributed by atoms with Crippen LogP contribution in [0.3, 0.4) is 0 Å². The summed E-state index contributed by atoms with van der Waals surface area (Å²) in [4.78, 5) is 4.65. The van der Waals surface area contributed by atoms with Crippen LogP contribution in [0.5, 0.6) is 0 Å². The van der Waals surface area contributed by atoms with E-state index < -0.39 is 0 Å². The second-order valence-corrected chi connectivity index (χ2v) is 5.90.